The number of hydrogen-bond donors (Lipinski definition) is 1. The van der Waals surface area contributed by atoms with Gasteiger partial charge in [0.1, 0.15) is 17.3 Å². The van der Waals surface area contributed by atoms with Gasteiger partial charge < -0.3 is 9.84 Å². The quantitative estimate of drug-likeness (QED) is 0.286. The molecule has 6 heteroatoms. The second kappa shape index (κ2) is 12.0. The average molecular weight is 511 g/mol. The van der Waals surface area contributed by atoms with Crippen LogP contribution in [0.25, 0.3) is 11.1 Å². The zero-order chi connectivity index (χ0) is 26.3. The Morgan fingerprint density at radius 3 is 1.79 bits per heavy atom. The lowest BCUT2D eigenvalue weighted by atomic mass is 10.1. The number of carboxylic acid groups (broad SMARTS) is 1. The third-order valence-electron chi connectivity index (χ3n) is 6.89. The number of ether oxygens (including phenoxy) is 1. The maximum Gasteiger partial charge on any atom is 0.335 e. The molecule has 0 amide bonds. The maximum atomic E-state index is 14.0. The van der Waals surface area contributed by atoms with Crippen molar-refractivity contribution >= 4 is 5.97 Å². The number of carbonyl (C=O) groups is 1. The summed E-state index contributed by atoms with van der Waals surface area (Å²) in [6.45, 7) is 5.76. The zero-order valence-electron chi connectivity index (χ0n) is 21.2. The highest BCUT2D eigenvalue weighted by atomic mass is 19.1. The average Bonchev–Trinajstić information content (AvgIpc) is 3.16. The summed E-state index contributed by atoms with van der Waals surface area (Å²) in [6.07, 6.45) is 1.09. The lowest BCUT2D eigenvalue weighted by molar-refractivity contribution is 0.0697. The summed E-state index contributed by atoms with van der Waals surface area (Å²) in [7, 11) is 0. The number of rotatable bonds is 8. The Balaban J connectivity index is 1.12. The summed E-state index contributed by atoms with van der Waals surface area (Å²) in [5, 5.41) is 9.09. The van der Waals surface area contributed by atoms with E-state index in [9.17, 15) is 9.18 Å². The normalized spacial score (nSPS) is 14.7. The molecule has 0 radical (unpaired) electrons. The largest absolute Gasteiger partial charge is 0.478 e. The van der Waals surface area contributed by atoms with Crippen molar-refractivity contribution in [2.45, 2.75) is 19.5 Å². The van der Waals surface area contributed by atoms with Crippen LogP contribution in [0.3, 0.4) is 0 Å². The van der Waals surface area contributed by atoms with Crippen molar-refractivity contribution in [3.63, 3.8) is 0 Å². The Morgan fingerprint density at radius 2 is 1.24 bits per heavy atom. The van der Waals surface area contributed by atoms with Crippen molar-refractivity contribution in [2.24, 2.45) is 0 Å². The second-order valence-corrected chi connectivity index (χ2v) is 9.66. The van der Waals surface area contributed by atoms with Crippen LogP contribution in [-0.4, -0.2) is 47.1 Å². The first-order chi connectivity index (χ1) is 18.5. The molecule has 0 aliphatic carbocycles. The molecule has 1 aliphatic rings. The van der Waals surface area contributed by atoms with Crippen LogP contribution >= 0.6 is 0 Å². The standard InChI is InChI=1S/C32H31FN2O3/c33-31-5-2-1-4-30(31)26-12-16-29(17-13-26)38-28-14-8-25(9-15-28)23-35-19-3-18-34(20-21-35)22-24-6-10-27(11-7-24)32(36)37/h1-2,4-17H,3,18-23H2,(H,36,37). The molecule has 4 aromatic rings. The first-order valence-electron chi connectivity index (χ1n) is 12.9. The van der Waals surface area contributed by atoms with E-state index in [-0.39, 0.29) is 5.82 Å². The molecular formula is C32H31FN2O3. The van der Waals surface area contributed by atoms with Crippen LogP contribution in [0, 0.1) is 5.82 Å². The molecule has 1 heterocycles. The minimum absolute atomic E-state index is 0.235. The Labute approximate surface area is 222 Å². The number of halogens is 1. The van der Waals surface area contributed by atoms with Crippen molar-refractivity contribution in [1.29, 1.82) is 0 Å². The van der Waals surface area contributed by atoms with Crippen LogP contribution in [0.4, 0.5) is 4.39 Å². The lowest BCUT2D eigenvalue weighted by Crippen LogP contribution is -2.30. The molecule has 1 fully saturated rings. The van der Waals surface area contributed by atoms with Gasteiger partial charge in [-0.3, -0.25) is 9.80 Å². The summed E-state index contributed by atoms with van der Waals surface area (Å²) in [5.41, 5.74) is 4.10. The summed E-state index contributed by atoms with van der Waals surface area (Å²) in [5.74, 6) is 0.351. The molecule has 194 valence electrons. The van der Waals surface area contributed by atoms with Gasteiger partial charge in [-0.05, 0) is 78.7 Å². The van der Waals surface area contributed by atoms with Gasteiger partial charge in [-0.1, -0.05) is 54.6 Å². The minimum atomic E-state index is -0.892. The Bertz CT molecular complexity index is 1360. The maximum absolute atomic E-state index is 14.0. The van der Waals surface area contributed by atoms with Crippen molar-refractivity contribution in [2.75, 3.05) is 26.2 Å². The van der Waals surface area contributed by atoms with E-state index in [2.05, 4.69) is 21.9 Å². The number of hydrogen-bond acceptors (Lipinski definition) is 4. The molecule has 0 saturated carbocycles. The zero-order valence-corrected chi connectivity index (χ0v) is 21.2. The number of aromatic carboxylic acids is 1. The highest BCUT2D eigenvalue weighted by Crippen LogP contribution is 2.27. The van der Waals surface area contributed by atoms with E-state index in [4.69, 9.17) is 9.84 Å². The van der Waals surface area contributed by atoms with Crippen molar-refractivity contribution in [3.05, 3.63) is 120 Å². The fourth-order valence-corrected chi connectivity index (χ4v) is 4.81. The molecule has 38 heavy (non-hydrogen) atoms. The van der Waals surface area contributed by atoms with Gasteiger partial charge in [0.2, 0.25) is 0 Å². The fraction of sp³-hybridized carbons (Fsp3) is 0.219. The van der Waals surface area contributed by atoms with Crippen LogP contribution in [0.1, 0.15) is 27.9 Å². The summed E-state index contributed by atoms with van der Waals surface area (Å²) < 4.78 is 20.0. The number of nitrogens with zero attached hydrogens (tertiary/aromatic N) is 2. The van der Waals surface area contributed by atoms with E-state index in [1.807, 2.05) is 54.6 Å². The molecule has 1 saturated heterocycles. The number of benzene rings is 4. The predicted molar refractivity (Wildman–Crippen MR) is 147 cm³/mol. The van der Waals surface area contributed by atoms with E-state index in [1.165, 1.54) is 11.6 Å². The van der Waals surface area contributed by atoms with E-state index < -0.39 is 5.97 Å². The van der Waals surface area contributed by atoms with Gasteiger partial charge in [0.05, 0.1) is 5.56 Å². The van der Waals surface area contributed by atoms with Gasteiger partial charge in [-0.15, -0.1) is 0 Å². The molecular weight excluding hydrogens is 479 g/mol. The lowest BCUT2D eigenvalue weighted by Gasteiger charge is -2.22. The Morgan fingerprint density at radius 1 is 0.711 bits per heavy atom. The molecule has 1 aliphatic heterocycles. The fourth-order valence-electron chi connectivity index (χ4n) is 4.81. The molecule has 0 bridgehead atoms. The van der Waals surface area contributed by atoms with Crippen molar-refractivity contribution < 1.29 is 19.0 Å². The van der Waals surface area contributed by atoms with E-state index in [0.717, 1.165) is 62.6 Å². The first kappa shape index (κ1) is 25.6. The summed E-state index contributed by atoms with van der Waals surface area (Å²) in [4.78, 5) is 16.0. The second-order valence-electron chi connectivity index (χ2n) is 9.66. The van der Waals surface area contributed by atoms with Crippen LogP contribution in [-0.2, 0) is 13.1 Å². The van der Waals surface area contributed by atoms with Gasteiger partial charge in [0.25, 0.3) is 0 Å². The third kappa shape index (κ3) is 6.65. The van der Waals surface area contributed by atoms with Gasteiger partial charge in [0.15, 0.2) is 0 Å². The van der Waals surface area contributed by atoms with Gasteiger partial charge >= 0.3 is 5.97 Å². The summed E-state index contributed by atoms with van der Waals surface area (Å²) >= 11 is 0. The molecule has 0 spiro atoms. The highest BCUT2D eigenvalue weighted by molar-refractivity contribution is 5.87. The van der Waals surface area contributed by atoms with Crippen LogP contribution < -0.4 is 4.74 Å². The minimum Gasteiger partial charge on any atom is -0.478 e. The third-order valence-corrected chi connectivity index (χ3v) is 6.89. The Hall–Kier alpha value is -4.00. The molecule has 0 unspecified atom stereocenters. The highest BCUT2D eigenvalue weighted by Gasteiger charge is 2.16. The molecule has 5 rings (SSSR count). The monoisotopic (exact) mass is 510 g/mol. The summed E-state index contributed by atoms with van der Waals surface area (Å²) in [6, 6.07) is 29.6. The van der Waals surface area contributed by atoms with Crippen LogP contribution in [0.15, 0.2) is 97.1 Å². The van der Waals surface area contributed by atoms with Gasteiger partial charge in [-0.25, -0.2) is 9.18 Å². The van der Waals surface area contributed by atoms with Crippen molar-refractivity contribution in [3.8, 4) is 22.6 Å². The first-order valence-corrected chi connectivity index (χ1v) is 12.9. The van der Waals surface area contributed by atoms with Gasteiger partial charge in [0, 0.05) is 31.7 Å². The van der Waals surface area contributed by atoms with E-state index >= 15 is 0 Å². The van der Waals surface area contributed by atoms with Crippen LogP contribution in [0.2, 0.25) is 0 Å². The molecule has 5 nitrogen and oxygen atoms in total. The smallest absolute Gasteiger partial charge is 0.335 e. The van der Waals surface area contributed by atoms with Crippen LogP contribution in [0.5, 0.6) is 11.5 Å². The number of carboxylic acids is 1. The van der Waals surface area contributed by atoms with Crippen molar-refractivity contribution in [1.82, 2.24) is 9.80 Å². The van der Waals surface area contributed by atoms with E-state index in [1.54, 1.807) is 24.3 Å². The van der Waals surface area contributed by atoms with E-state index in [0.29, 0.717) is 16.9 Å². The molecule has 0 aromatic heterocycles. The predicted octanol–water partition coefficient (Wildman–Crippen LogP) is 6.69. The SMILES string of the molecule is O=C(O)c1ccc(CN2CCCN(Cc3ccc(Oc4ccc(-c5ccccc5F)cc4)cc3)CC2)cc1. The Kier molecular flexibility index (Phi) is 8.12. The topological polar surface area (TPSA) is 53.0 Å². The molecule has 1 N–H and O–H groups in total. The molecule has 0 atom stereocenters. The molecule has 4 aromatic carbocycles. The van der Waals surface area contributed by atoms with Gasteiger partial charge in [-0.2, -0.15) is 0 Å².